The number of carbonyl (C=O) groups is 4. The van der Waals surface area contributed by atoms with Crippen LogP contribution in [0.4, 0.5) is 0 Å². The Morgan fingerprint density at radius 1 is 0.947 bits per heavy atom. The summed E-state index contributed by atoms with van der Waals surface area (Å²) in [5.41, 5.74) is 3.23. The van der Waals surface area contributed by atoms with E-state index in [2.05, 4.69) is 5.73 Å². The molecule has 0 rings (SSSR count). The molecule has 0 aromatic carbocycles. The molecular weight excluding hydrogens is 260 g/mol. The summed E-state index contributed by atoms with van der Waals surface area (Å²) in [5, 5.41) is 33.2. The van der Waals surface area contributed by atoms with Gasteiger partial charge in [-0.05, 0) is 12.8 Å². The molecule has 9 heteroatoms. The summed E-state index contributed by atoms with van der Waals surface area (Å²) < 4.78 is 0. The highest BCUT2D eigenvalue weighted by molar-refractivity contribution is 5.83. The molecule has 0 fully saturated rings. The predicted molar refractivity (Wildman–Crippen MR) is 52.1 cm³/mol. The molecular formula is C10H14N2O7-2. The molecule has 0 aliphatic rings. The Morgan fingerprint density at radius 2 is 1.53 bits per heavy atom. The molecule has 0 unspecified atom stereocenters. The summed E-state index contributed by atoms with van der Waals surface area (Å²) in [5.74, 6) is -5.22. The molecule has 1 amide bonds. The second kappa shape index (κ2) is 8.03. The zero-order chi connectivity index (χ0) is 15.0. The van der Waals surface area contributed by atoms with Crippen LogP contribution < -0.4 is 26.4 Å². The van der Waals surface area contributed by atoms with Gasteiger partial charge in [-0.25, -0.2) is 0 Å². The van der Waals surface area contributed by atoms with Crippen LogP contribution in [0.3, 0.4) is 0 Å². The molecule has 0 saturated carbocycles. The molecule has 0 aromatic heterocycles. The van der Waals surface area contributed by atoms with E-state index in [0.717, 1.165) is 0 Å². The molecule has 0 spiro atoms. The quantitative estimate of drug-likeness (QED) is 0.420. The van der Waals surface area contributed by atoms with Gasteiger partial charge in [0.25, 0.3) is 0 Å². The number of hydrogen-bond donors (Lipinski definition) is 2. The van der Waals surface area contributed by atoms with Crippen molar-refractivity contribution in [2.75, 3.05) is 0 Å². The number of nitrogens with one attached hydrogen (secondary N) is 1. The molecule has 0 aromatic rings. The maximum Gasteiger partial charge on any atom is 0.220 e. The van der Waals surface area contributed by atoms with E-state index in [9.17, 15) is 34.5 Å². The lowest BCUT2D eigenvalue weighted by atomic mass is 10.1. The maximum absolute atomic E-state index is 11.3. The van der Waals surface area contributed by atoms with Gasteiger partial charge in [0.2, 0.25) is 5.91 Å². The van der Waals surface area contributed by atoms with Crippen LogP contribution in [-0.4, -0.2) is 35.9 Å². The Kier molecular flexibility index (Phi) is 7.12. The second-order valence-corrected chi connectivity index (χ2v) is 3.90. The first-order valence-corrected chi connectivity index (χ1v) is 5.48. The van der Waals surface area contributed by atoms with E-state index in [0.29, 0.717) is 0 Å². The normalized spacial score (nSPS) is 13.3. The number of quaternary nitrogens is 1. The summed E-state index contributed by atoms with van der Waals surface area (Å²) in [7, 11) is 0. The minimum atomic E-state index is -1.62. The summed E-state index contributed by atoms with van der Waals surface area (Å²) in [6.07, 6.45) is -1.30. The summed E-state index contributed by atoms with van der Waals surface area (Å²) in [6.45, 7) is 0. The van der Waals surface area contributed by atoms with Crippen molar-refractivity contribution in [2.45, 2.75) is 37.8 Å². The van der Waals surface area contributed by atoms with Crippen molar-refractivity contribution in [2.24, 2.45) is 0 Å². The molecule has 19 heavy (non-hydrogen) atoms. The van der Waals surface area contributed by atoms with E-state index in [4.69, 9.17) is 0 Å². The lowest BCUT2D eigenvalue weighted by molar-refractivity contribution is -0.438. The van der Waals surface area contributed by atoms with Gasteiger partial charge in [-0.3, -0.25) is 4.79 Å². The van der Waals surface area contributed by atoms with Crippen molar-refractivity contribution in [1.29, 1.82) is 0 Å². The summed E-state index contributed by atoms with van der Waals surface area (Å²) in [4.78, 5) is 42.5. The summed E-state index contributed by atoms with van der Waals surface area (Å²) in [6, 6.07) is -2.55. The molecule has 4 N–H and O–H groups in total. The molecule has 0 aliphatic heterocycles. The third-order valence-corrected chi connectivity index (χ3v) is 2.31. The van der Waals surface area contributed by atoms with E-state index in [-0.39, 0.29) is 19.3 Å². The molecule has 9 nitrogen and oxygen atoms in total. The maximum atomic E-state index is 11.3. The summed E-state index contributed by atoms with van der Waals surface area (Å²) >= 11 is 0. The SMILES string of the molecule is [NH3+][C@H](CCC(=O)N[C@H](CCC(=O)[O-])C(=O)[O-])C(=O)[O-]. The molecule has 0 heterocycles. The average molecular weight is 274 g/mol. The number of hydrogen-bond acceptors (Lipinski definition) is 7. The van der Waals surface area contributed by atoms with Crippen molar-refractivity contribution >= 4 is 23.8 Å². The molecule has 2 atom stereocenters. The third kappa shape index (κ3) is 7.71. The van der Waals surface area contributed by atoms with E-state index in [1.165, 1.54) is 0 Å². The monoisotopic (exact) mass is 274 g/mol. The van der Waals surface area contributed by atoms with Crippen LogP contribution in [0.15, 0.2) is 0 Å². The van der Waals surface area contributed by atoms with Crippen LogP contribution in [0, 0.1) is 0 Å². The van der Waals surface area contributed by atoms with Gasteiger partial charge in [-0.1, -0.05) is 0 Å². The Bertz CT molecular complexity index is 369. The van der Waals surface area contributed by atoms with Gasteiger partial charge in [0.15, 0.2) is 0 Å². The smallest absolute Gasteiger partial charge is 0.220 e. The Balaban J connectivity index is 4.20. The highest BCUT2D eigenvalue weighted by Crippen LogP contribution is 1.99. The van der Waals surface area contributed by atoms with Crippen molar-refractivity contribution in [3.05, 3.63) is 0 Å². The van der Waals surface area contributed by atoms with Crippen LogP contribution in [0.5, 0.6) is 0 Å². The fourth-order valence-corrected chi connectivity index (χ4v) is 1.20. The van der Waals surface area contributed by atoms with Crippen LogP contribution in [0.1, 0.15) is 25.7 Å². The molecule has 0 bridgehead atoms. The minimum absolute atomic E-state index is 0.117. The number of amides is 1. The second-order valence-electron chi connectivity index (χ2n) is 3.90. The van der Waals surface area contributed by atoms with Crippen LogP contribution in [0.25, 0.3) is 0 Å². The lowest BCUT2D eigenvalue weighted by Gasteiger charge is -2.20. The van der Waals surface area contributed by atoms with E-state index >= 15 is 0 Å². The van der Waals surface area contributed by atoms with E-state index < -0.39 is 42.3 Å². The van der Waals surface area contributed by atoms with Crippen LogP contribution in [0.2, 0.25) is 0 Å². The van der Waals surface area contributed by atoms with Crippen molar-refractivity contribution in [1.82, 2.24) is 5.32 Å². The van der Waals surface area contributed by atoms with Crippen molar-refractivity contribution in [3.63, 3.8) is 0 Å². The predicted octanol–water partition coefficient (Wildman–Crippen LogP) is -6.11. The van der Waals surface area contributed by atoms with Gasteiger partial charge in [-0.2, -0.15) is 0 Å². The number of carboxylic acids is 3. The third-order valence-electron chi connectivity index (χ3n) is 2.31. The van der Waals surface area contributed by atoms with Gasteiger partial charge in [0.1, 0.15) is 6.04 Å². The van der Waals surface area contributed by atoms with E-state index in [1.54, 1.807) is 0 Å². The van der Waals surface area contributed by atoms with Crippen LogP contribution in [-0.2, 0) is 19.2 Å². The van der Waals surface area contributed by atoms with E-state index in [1.807, 2.05) is 5.32 Å². The Morgan fingerprint density at radius 3 is 1.95 bits per heavy atom. The number of carbonyl (C=O) groups excluding carboxylic acids is 4. The zero-order valence-corrected chi connectivity index (χ0v) is 10.0. The number of carboxylic acid groups (broad SMARTS) is 3. The Hall–Kier alpha value is -2.16. The first kappa shape index (κ1) is 16.8. The standard InChI is InChI=1S/C10H16N2O7/c11-5(9(16)17)1-3-7(13)12-6(10(18)19)2-4-8(14)15/h5-6H,1-4,11H2,(H,12,13)(H,14,15)(H,16,17)(H,18,19)/p-2/t5-,6-/m1/s1. The highest BCUT2D eigenvalue weighted by atomic mass is 16.4. The van der Waals surface area contributed by atoms with Crippen LogP contribution >= 0.6 is 0 Å². The fourth-order valence-electron chi connectivity index (χ4n) is 1.20. The first-order chi connectivity index (χ1) is 8.73. The Labute approximate surface area is 108 Å². The topological polar surface area (TPSA) is 177 Å². The molecule has 0 radical (unpaired) electrons. The first-order valence-electron chi connectivity index (χ1n) is 5.48. The molecule has 0 aliphatic carbocycles. The number of rotatable bonds is 9. The van der Waals surface area contributed by atoms with Gasteiger partial charge < -0.3 is 40.8 Å². The largest absolute Gasteiger partial charge is 0.550 e. The van der Waals surface area contributed by atoms with Crippen molar-refractivity contribution in [3.8, 4) is 0 Å². The van der Waals surface area contributed by atoms with Gasteiger partial charge >= 0.3 is 0 Å². The molecule has 0 saturated heterocycles. The average Bonchev–Trinajstić information content (AvgIpc) is 2.30. The van der Waals surface area contributed by atoms with Crippen molar-refractivity contribution < 1.29 is 40.2 Å². The number of aliphatic carboxylic acids is 3. The minimum Gasteiger partial charge on any atom is -0.550 e. The fraction of sp³-hybridized carbons (Fsp3) is 0.600. The zero-order valence-electron chi connectivity index (χ0n) is 10.0. The van der Waals surface area contributed by atoms with Gasteiger partial charge in [0, 0.05) is 18.8 Å². The lowest BCUT2D eigenvalue weighted by Crippen LogP contribution is -2.68. The van der Waals surface area contributed by atoms with Gasteiger partial charge in [0.05, 0.1) is 18.0 Å². The molecule has 108 valence electrons. The highest BCUT2D eigenvalue weighted by Gasteiger charge is 2.15. The van der Waals surface area contributed by atoms with Gasteiger partial charge in [-0.15, -0.1) is 0 Å².